The van der Waals surface area contributed by atoms with E-state index in [1.807, 2.05) is 12.1 Å². The van der Waals surface area contributed by atoms with E-state index in [0.29, 0.717) is 36.6 Å². The third kappa shape index (κ3) is 4.06. The number of carbonyl (C=O) groups is 2. The minimum absolute atomic E-state index is 0.0110. The number of piperidine rings is 1. The molecule has 1 fully saturated rings. The standard InChI is InChI=1S/C18H18ClN7O3/c19-12-1-2-14(27)13(9-12)18(29)23-22-17(28)11-5-7-25(8-6-11)16-4-3-15-21-20-10-26(15)24-16/h1-4,9-11,27H,5-8H2,(H,22,28)(H,23,29). The highest BCUT2D eigenvalue weighted by Crippen LogP contribution is 2.23. The summed E-state index contributed by atoms with van der Waals surface area (Å²) in [5, 5.41) is 22.3. The van der Waals surface area contributed by atoms with Crippen molar-refractivity contribution < 1.29 is 14.7 Å². The third-order valence-corrected chi connectivity index (χ3v) is 5.07. The summed E-state index contributed by atoms with van der Waals surface area (Å²) < 4.78 is 1.61. The fourth-order valence-corrected chi connectivity index (χ4v) is 3.41. The van der Waals surface area contributed by atoms with Gasteiger partial charge in [0.05, 0.1) is 5.56 Å². The Labute approximate surface area is 170 Å². The van der Waals surface area contributed by atoms with Crippen molar-refractivity contribution in [3.05, 3.63) is 47.2 Å². The zero-order chi connectivity index (χ0) is 20.4. The zero-order valence-corrected chi connectivity index (χ0v) is 16.0. The molecular formula is C18H18ClN7O3. The summed E-state index contributed by atoms with van der Waals surface area (Å²) in [6, 6.07) is 7.84. The van der Waals surface area contributed by atoms with E-state index in [0.717, 1.165) is 5.82 Å². The molecule has 3 N–H and O–H groups in total. The van der Waals surface area contributed by atoms with Gasteiger partial charge in [-0.25, -0.2) is 0 Å². The van der Waals surface area contributed by atoms with E-state index in [9.17, 15) is 14.7 Å². The molecule has 0 atom stereocenters. The monoisotopic (exact) mass is 415 g/mol. The molecule has 10 nitrogen and oxygen atoms in total. The first-order chi connectivity index (χ1) is 14.0. The predicted molar refractivity (Wildman–Crippen MR) is 104 cm³/mol. The van der Waals surface area contributed by atoms with Gasteiger partial charge < -0.3 is 10.0 Å². The van der Waals surface area contributed by atoms with Gasteiger partial charge in [-0.05, 0) is 43.2 Å². The number of phenols is 1. The molecule has 1 saturated heterocycles. The normalized spacial score (nSPS) is 14.7. The molecule has 0 saturated carbocycles. The molecular weight excluding hydrogens is 398 g/mol. The summed E-state index contributed by atoms with van der Waals surface area (Å²) in [5.74, 6) is -0.574. The van der Waals surface area contributed by atoms with Crippen LogP contribution in [-0.4, -0.2) is 49.8 Å². The van der Waals surface area contributed by atoms with Crippen LogP contribution in [0.25, 0.3) is 5.65 Å². The van der Waals surface area contributed by atoms with Gasteiger partial charge in [-0.15, -0.1) is 15.3 Å². The molecule has 1 aliphatic heterocycles. The van der Waals surface area contributed by atoms with Crippen LogP contribution in [-0.2, 0) is 4.79 Å². The van der Waals surface area contributed by atoms with E-state index in [-0.39, 0.29) is 23.1 Å². The van der Waals surface area contributed by atoms with E-state index >= 15 is 0 Å². The van der Waals surface area contributed by atoms with E-state index < -0.39 is 5.91 Å². The van der Waals surface area contributed by atoms with Gasteiger partial charge >= 0.3 is 0 Å². The van der Waals surface area contributed by atoms with Gasteiger partial charge in [-0.2, -0.15) is 4.52 Å². The van der Waals surface area contributed by atoms with Crippen LogP contribution in [0, 0.1) is 5.92 Å². The number of benzene rings is 1. The fourth-order valence-electron chi connectivity index (χ4n) is 3.24. The lowest BCUT2D eigenvalue weighted by molar-refractivity contribution is -0.126. The van der Waals surface area contributed by atoms with Gasteiger partial charge in [0.25, 0.3) is 5.91 Å². The minimum atomic E-state index is -0.637. The van der Waals surface area contributed by atoms with Crippen LogP contribution in [0.3, 0.4) is 0 Å². The van der Waals surface area contributed by atoms with Crippen molar-refractivity contribution in [1.29, 1.82) is 0 Å². The minimum Gasteiger partial charge on any atom is -0.507 e. The van der Waals surface area contributed by atoms with Gasteiger partial charge in [0.15, 0.2) is 5.65 Å². The van der Waals surface area contributed by atoms with Crippen LogP contribution in [0.1, 0.15) is 23.2 Å². The van der Waals surface area contributed by atoms with Crippen molar-refractivity contribution in [1.82, 2.24) is 30.7 Å². The maximum absolute atomic E-state index is 12.4. The number of fused-ring (bicyclic) bond motifs is 1. The first-order valence-electron chi connectivity index (χ1n) is 9.02. The Kier molecular flexibility index (Phi) is 5.17. The summed E-state index contributed by atoms with van der Waals surface area (Å²) in [6.45, 7) is 1.31. The number of hydrogen-bond acceptors (Lipinski definition) is 7. The number of rotatable bonds is 3. The SMILES string of the molecule is O=C(NNC(=O)C1CCN(c2ccc3nncn3n2)CC1)c1cc(Cl)ccc1O. The third-order valence-electron chi connectivity index (χ3n) is 4.84. The number of amides is 2. The largest absolute Gasteiger partial charge is 0.507 e. The Hall–Kier alpha value is -3.40. The number of carbonyl (C=O) groups excluding carboxylic acids is 2. The molecule has 2 amide bonds. The van der Waals surface area contributed by atoms with Crippen molar-refractivity contribution >= 4 is 34.9 Å². The lowest BCUT2D eigenvalue weighted by atomic mass is 9.96. The van der Waals surface area contributed by atoms with Crippen LogP contribution in [0.4, 0.5) is 5.82 Å². The molecule has 0 bridgehead atoms. The molecule has 2 aromatic heterocycles. The predicted octanol–water partition coefficient (Wildman–Crippen LogP) is 1.16. The van der Waals surface area contributed by atoms with Gasteiger partial charge in [0.1, 0.15) is 17.9 Å². The van der Waals surface area contributed by atoms with Gasteiger partial charge in [0, 0.05) is 24.0 Å². The summed E-state index contributed by atoms with van der Waals surface area (Å²) in [7, 11) is 0. The Morgan fingerprint density at radius 1 is 1.14 bits per heavy atom. The maximum Gasteiger partial charge on any atom is 0.273 e. The average Bonchev–Trinajstić information content (AvgIpc) is 3.21. The van der Waals surface area contributed by atoms with Crippen LogP contribution in [0.5, 0.6) is 5.75 Å². The molecule has 150 valence electrons. The topological polar surface area (TPSA) is 125 Å². The number of aromatic nitrogens is 4. The van der Waals surface area contributed by atoms with Crippen molar-refractivity contribution in [2.75, 3.05) is 18.0 Å². The quantitative estimate of drug-likeness (QED) is 0.548. The van der Waals surface area contributed by atoms with Gasteiger partial charge in [-0.3, -0.25) is 20.4 Å². The summed E-state index contributed by atoms with van der Waals surface area (Å²) in [6.07, 6.45) is 2.78. The second kappa shape index (κ2) is 7.92. The number of phenolic OH excluding ortho intramolecular Hbond substituents is 1. The van der Waals surface area contributed by atoms with Crippen molar-refractivity contribution in [3.63, 3.8) is 0 Å². The molecule has 0 unspecified atom stereocenters. The molecule has 11 heteroatoms. The lowest BCUT2D eigenvalue weighted by Crippen LogP contribution is -2.47. The van der Waals surface area contributed by atoms with E-state index in [1.54, 1.807) is 10.8 Å². The average molecular weight is 416 g/mol. The molecule has 0 aliphatic carbocycles. The molecule has 1 aromatic carbocycles. The fraction of sp³-hybridized carbons (Fsp3) is 0.278. The van der Waals surface area contributed by atoms with Gasteiger partial charge in [-0.1, -0.05) is 11.6 Å². The van der Waals surface area contributed by atoms with E-state index in [2.05, 4.69) is 31.0 Å². The number of aromatic hydroxyl groups is 1. The maximum atomic E-state index is 12.4. The number of hydrazine groups is 1. The molecule has 4 rings (SSSR count). The highest BCUT2D eigenvalue weighted by atomic mass is 35.5. The first-order valence-corrected chi connectivity index (χ1v) is 9.40. The van der Waals surface area contributed by atoms with Crippen molar-refractivity contribution in [2.45, 2.75) is 12.8 Å². The van der Waals surface area contributed by atoms with Crippen LogP contribution < -0.4 is 15.8 Å². The Balaban J connectivity index is 1.30. The zero-order valence-electron chi connectivity index (χ0n) is 15.2. The second-order valence-electron chi connectivity index (χ2n) is 6.69. The van der Waals surface area contributed by atoms with Gasteiger partial charge in [0.2, 0.25) is 5.91 Å². The number of anilines is 1. The highest BCUT2D eigenvalue weighted by Gasteiger charge is 2.26. The molecule has 1 aliphatic rings. The second-order valence-corrected chi connectivity index (χ2v) is 7.13. The Morgan fingerprint density at radius 2 is 1.93 bits per heavy atom. The van der Waals surface area contributed by atoms with Crippen molar-refractivity contribution in [3.8, 4) is 5.75 Å². The van der Waals surface area contributed by atoms with Crippen molar-refractivity contribution in [2.24, 2.45) is 5.92 Å². The molecule has 29 heavy (non-hydrogen) atoms. The van der Waals surface area contributed by atoms with Crippen LogP contribution in [0.15, 0.2) is 36.7 Å². The Morgan fingerprint density at radius 3 is 2.72 bits per heavy atom. The molecule has 3 heterocycles. The van der Waals surface area contributed by atoms with Crippen LogP contribution >= 0.6 is 11.6 Å². The number of nitrogens with zero attached hydrogens (tertiary/aromatic N) is 5. The molecule has 3 aromatic rings. The Bertz CT molecular complexity index is 1060. The van der Waals surface area contributed by atoms with E-state index in [1.165, 1.54) is 18.2 Å². The summed E-state index contributed by atoms with van der Waals surface area (Å²) in [5.41, 5.74) is 5.41. The number of nitrogens with one attached hydrogen (secondary N) is 2. The highest BCUT2D eigenvalue weighted by molar-refractivity contribution is 6.31. The first kappa shape index (κ1) is 18.9. The number of hydrogen-bond donors (Lipinski definition) is 3. The lowest BCUT2D eigenvalue weighted by Gasteiger charge is -2.31. The smallest absolute Gasteiger partial charge is 0.273 e. The molecule has 0 spiro atoms. The summed E-state index contributed by atoms with van der Waals surface area (Å²) >= 11 is 5.84. The molecule has 0 radical (unpaired) electrons. The van der Waals surface area contributed by atoms with Crippen LogP contribution in [0.2, 0.25) is 5.02 Å². The summed E-state index contributed by atoms with van der Waals surface area (Å²) in [4.78, 5) is 26.6. The van der Waals surface area contributed by atoms with E-state index in [4.69, 9.17) is 11.6 Å². The number of halogens is 1.